The van der Waals surface area contributed by atoms with Gasteiger partial charge < -0.3 is 9.72 Å². The summed E-state index contributed by atoms with van der Waals surface area (Å²) in [5.41, 5.74) is 2.20. The summed E-state index contributed by atoms with van der Waals surface area (Å²) < 4.78 is 7.43. The van der Waals surface area contributed by atoms with Crippen molar-refractivity contribution in [2.75, 3.05) is 19.5 Å². The number of methoxy groups -OCH3 is 1. The number of ether oxygens (including phenoxy) is 1. The van der Waals surface area contributed by atoms with Crippen molar-refractivity contribution < 1.29 is 4.74 Å². The molecular formula is C17H22N4OS. The molecule has 0 spiro atoms. The Morgan fingerprint density at radius 1 is 1.26 bits per heavy atom. The van der Waals surface area contributed by atoms with Gasteiger partial charge in [0.1, 0.15) is 0 Å². The van der Waals surface area contributed by atoms with Crippen molar-refractivity contribution in [2.24, 2.45) is 0 Å². The fourth-order valence-electron chi connectivity index (χ4n) is 2.54. The summed E-state index contributed by atoms with van der Waals surface area (Å²) in [4.78, 5) is 3.31. The number of unbranched alkanes of at least 4 members (excludes halogenated alkanes) is 1. The maximum atomic E-state index is 5.26. The lowest BCUT2D eigenvalue weighted by Crippen LogP contribution is -2.07. The van der Waals surface area contributed by atoms with Crippen LogP contribution in [0.25, 0.3) is 22.3 Å². The number of hydrogen-bond acceptors (Lipinski definition) is 4. The summed E-state index contributed by atoms with van der Waals surface area (Å²) in [5.74, 6) is 1.97. The number of hydrogen-bond donors (Lipinski definition) is 1. The van der Waals surface area contributed by atoms with E-state index in [0.717, 1.165) is 34.4 Å². The largest absolute Gasteiger partial charge is 0.383 e. The Balaban J connectivity index is 1.97. The van der Waals surface area contributed by atoms with Crippen LogP contribution < -0.4 is 0 Å². The van der Waals surface area contributed by atoms with Gasteiger partial charge in [0.25, 0.3) is 0 Å². The normalized spacial score (nSPS) is 11.4. The number of aromatic amines is 1. The molecule has 0 bridgehead atoms. The number of H-pyrrole nitrogens is 1. The molecule has 0 amide bonds. The second-order valence-corrected chi connectivity index (χ2v) is 6.46. The second kappa shape index (κ2) is 7.66. The highest BCUT2D eigenvalue weighted by atomic mass is 32.2. The van der Waals surface area contributed by atoms with Crippen molar-refractivity contribution in [3.8, 4) is 11.4 Å². The molecule has 5 nitrogen and oxygen atoms in total. The third kappa shape index (κ3) is 3.43. The van der Waals surface area contributed by atoms with E-state index in [1.807, 2.05) is 18.3 Å². The minimum absolute atomic E-state index is 0.648. The van der Waals surface area contributed by atoms with Crippen molar-refractivity contribution in [1.29, 1.82) is 0 Å². The first kappa shape index (κ1) is 16.1. The summed E-state index contributed by atoms with van der Waals surface area (Å²) in [6.07, 6.45) is 4.39. The van der Waals surface area contributed by atoms with E-state index in [4.69, 9.17) is 4.74 Å². The van der Waals surface area contributed by atoms with Crippen LogP contribution in [0.3, 0.4) is 0 Å². The maximum Gasteiger partial charge on any atom is 0.191 e. The van der Waals surface area contributed by atoms with Gasteiger partial charge in [-0.15, -0.1) is 10.2 Å². The first-order chi connectivity index (χ1) is 11.3. The number of aromatic nitrogens is 4. The molecule has 0 fully saturated rings. The third-order valence-electron chi connectivity index (χ3n) is 3.80. The highest BCUT2D eigenvalue weighted by molar-refractivity contribution is 7.99. The van der Waals surface area contributed by atoms with Crippen LogP contribution in [0.2, 0.25) is 0 Å². The van der Waals surface area contributed by atoms with Crippen molar-refractivity contribution in [1.82, 2.24) is 19.7 Å². The van der Waals surface area contributed by atoms with E-state index in [1.165, 1.54) is 18.2 Å². The van der Waals surface area contributed by atoms with E-state index in [1.54, 1.807) is 18.9 Å². The molecule has 0 aliphatic rings. The molecule has 2 heterocycles. The summed E-state index contributed by atoms with van der Waals surface area (Å²) in [7, 11) is 1.72. The van der Waals surface area contributed by atoms with E-state index in [2.05, 4.69) is 38.8 Å². The Bertz CT molecular complexity index is 765. The first-order valence-electron chi connectivity index (χ1n) is 7.96. The Hall–Kier alpha value is -1.79. The Morgan fingerprint density at radius 3 is 2.96 bits per heavy atom. The monoisotopic (exact) mass is 330 g/mol. The fourth-order valence-corrected chi connectivity index (χ4v) is 3.59. The molecule has 0 aliphatic carbocycles. The molecular weight excluding hydrogens is 308 g/mol. The quantitative estimate of drug-likeness (QED) is 0.502. The van der Waals surface area contributed by atoms with E-state index in [0.29, 0.717) is 6.61 Å². The fraction of sp³-hybridized carbons (Fsp3) is 0.412. The van der Waals surface area contributed by atoms with Crippen LogP contribution in [0, 0.1) is 0 Å². The van der Waals surface area contributed by atoms with Gasteiger partial charge in [0, 0.05) is 35.5 Å². The lowest BCUT2D eigenvalue weighted by Gasteiger charge is -2.09. The van der Waals surface area contributed by atoms with Crippen LogP contribution in [0.15, 0.2) is 35.6 Å². The zero-order valence-corrected chi connectivity index (χ0v) is 14.4. The molecule has 3 rings (SSSR count). The van der Waals surface area contributed by atoms with E-state index in [9.17, 15) is 0 Å². The lowest BCUT2D eigenvalue weighted by atomic mass is 10.1. The number of fused-ring (bicyclic) bond motifs is 1. The number of nitrogens with zero attached hydrogens (tertiary/aromatic N) is 3. The van der Waals surface area contributed by atoms with Crippen LogP contribution in [-0.4, -0.2) is 39.2 Å². The summed E-state index contributed by atoms with van der Waals surface area (Å²) in [6, 6.07) is 8.27. The summed E-state index contributed by atoms with van der Waals surface area (Å²) in [6.45, 7) is 3.61. The molecule has 0 saturated heterocycles. The van der Waals surface area contributed by atoms with Gasteiger partial charge in [0.05, 0.1) is 13.2 Å². The van der Waals surface area contributed by atoms with E-state index < -0.39 is 0 Å². The minimum atomic E-state index is 0.648. The SMILES string of the molecule is CCCCSc1nnc(-c2c[nH]c3ccccc23)n1CCOC. The van der Waals surface area contributed by atoms with Crippen LogP contribution >= 0.6 is 11.8 Å². The molecule has 1 N–H and O–H groups in total. The molecule has 6 heteroatoms. The maximum absolute atomic E-state index is 5.26. The third-order valence-corrected chi connectivity index (χ3v) is 4.85. The van der Waals surface area contributed by atoms with Gasteiger partial charge in [0.15, 0.2) is 11.0 Å². The standard InChI is InChI=1S/C17H22N4OS/c1-3-4-11-23-17-20-19-16(21(17)9-10-22-2)14-12-18-15-8-6-5-7-13(14)15/h5-8,12,18H,3-4,9-11H2,1-2H3. The molecule has 1 aromatic carbocycles. The smallest absolute Gasteiger partial charge is 0.191 e. The first-order valence-corrected chi connectivity index (χ1v) is 8.95. The zero-order chi connectivity index (χ0) is 16.1. The van der Waals surface area contributed by atoms with Gasteiger partial charge in [0.2, 0.25) is 0 Å². The van der Waals surface area contributed by atoms with Crippen LogP contribution in [0.4, 0.5) is 0 Å². The zero-order valence-electron chi connectivity index (χ0n) is 13.6. The molecule has 0 saturated carbocycles. The van der Waals surface area contributed by atoms with Crippen molar-refractivity contribution in [3.63, 3.8) is 0 Å². The van der Waals surface area contributed by atoms with Crippen molar-refractivity contribution in [3.05, 3.63) is 30.5 Å². The molecule has 2 aromatic heterocycles. The number of benzene rings is 1. The average Bonchev–Trinajstić information content (AvgIpc) is 3.17. The predicted molar refractivity (Wildman–Crippen MR) is 94.8 cm³/mol. The van der Waals surface area contributed by atoms with Gasteiger partial charge in [-0.25, -0.2) is 0 Å². The van der Waals surface area contributed by atoms with Crippen LogP contribution in [0.5, 0.6) is 0 Å². The van der Waals surface area contributed by atoms with Gasteiger partial charge in [-0.3, -0.25) is 4.57 Å². The van der Waals surface area contributed by atoms with Crippen molar-refractivity contribution in [2.45, 2.75) is 31.5 Å². The predicted octanol–water partition coefficient (Wildman–Crippen LogP) is 3.97. The van der Waals surface area contributed by atoms with Crippen LogP contribution in [-0.2, 0) is 11.3 Å². The Morgan fingerprint density at radius 2 is 2.13 bits per heavy atom. The Labute approximate surface area is 140 Å². The highest BCUT2D eigenvalue weighted by Crippen LogP contribution is 2.30. The van der Waals surface area contributed by atoms with Gasteiger partial charge in [-0.2, -0.15) is 0 Å². The van der Waals surface area contributed by atoms with Gasteiger partial charge in [-0.1, -0.05) is 43.3 Å². The molecule has 23 heavy (non-hydrogen) atoms. The molecule has 0 aliphatic heterocycles. The summed E-state index contributed by atoms with van der Waals surface area (Å²) in [5, 5.41) is 11.0. The molecule has 0 atom stereocenters. The number of thioether (sulfide) groups is 1. The lowest BCUT2D eigenvalue weighted by molar-refractivity contribution is 0.185. The number of para-hydroxylation sites is 1. The Kier molecular flexibility index (Phi) is 5.35. The number of rotatable bonds is 8. The minimum Gasteiger partial charge on any atom is -0.383 e. The highest BCUT2D eigenvalue weighted by Gasteiger charge is 2.17. The van der Waals surface area contributed by atoms with E-state index in [-0.39, 0.29) is 0 Å². The molecule has 3 aromatic rings. The van der Waals surface area contributed by atoms with E-state index >= 15 is 0 Å². The second-order valence-electron chi connectivity index (χ2n) is 5.40. The van der Waals surface area contributed by atoms with Crippen molar-refractivity contribution >= 4 is 22.7 Å². The molecule has 122 valence electrons. The van der Waals surface area contributed by atoms with Gasteiger partial charge >= 0.3 is 0 Å². The van der Waals surface area contributed by atoms with Gasteiger partial charge in [-0.05, 0) is 12.5 Å². The number of nitrogens with one attached hydrogen (secondary N) is 1. The summed E-state index contributed by atoms with van der Waals surface area (Å²) >= 11 is 1.77. The topological polar surface area (TPSA) is 55.7 Å². The molecule has 0 radical (unpaired) electrons. The average molecular weight is 330 g/mol. The molecule has 0 unspecified atom stereocenters. The van der Waals surface area contributed by atoms with Crippen LogP contribution in [0.1, 0.15) is 19.8 Å².